The van der Waals surface area contributed by atoms with Crippen LogP contribution in [-0.4, -0.2) is 7.11 Å². The Bertz CT molecular complexity index is 453. The van der Waals surface area contributed by atoms with Crippen molar-refractivity contribution in [2.24, 2.45) is 0 Å². The second-order valence-electron chi connectivity index (χ2n) is 3.77. The van der Waals surface area contributed by atoms with Gasteiger partial charge in [0, 0.05) is 5.56 Å². The maximum absolute atomic E-state index is 9.12. The van der Waals surface area contributed by atoms with Crippen LogP contribution in [0.1, 0.15) is 30.0 Å². The molecular weight excluding hydrogens is 198 g/mol. The smallest absolute Gasteiger partial charge is 0.127 e. The minimum atomic E-state index is 0.683. The Kier molecular flexibility index (Phi) is 4.13. The molecular formula is C14H17NO. The summed E-state index contributed by atoms with van der Waals surface area (Å²) in [5, 5.41) is 9.12. The van der Waals surface area contributed by atoms with Crippen LogP contribution in [0.25, 0.3) is 5.57 Å². The highest BCUT2D eigenvalue weighted by molar-refractivity contribution is 5.80. The van der Waals surface area contributed by atoms with E-state index in [9.17, 15) is 0 Å². The lowest BCUT2D eigenvalue weighted by Gasteiger charge is -2.10. The lowest BCUT2D eigenvalue weighted by Crippen LogP contribution is -1.94. The molecule has 0 saturated carbocycles. The van der Waals surface area contributed by atoms with Crippen LogP contribution in [0, 0.1) is 25.2 Å². The molecule has 2 heteroatoms. The fraction of sp³-hybridized carbons (Fsp3) is 0.357. The van der Waals surface area contributed by atoms with Gasteiger partial charge in [0.05, 0.1) is 18.8 Å². The number of nitrogens with zero attached hydrogens (tertiary/aromatic N) is 1. The van der Waals surface area contributed by atoms with Crippen molar-refractivity contribution in [1.82, 2.24) is 0 Å². The van der Waals surface area contributed by atoms with Crippen LogP contribution in [0.5, 0.6) is 5.75 Å². The van der Waals surface area contributed by atoms with E-state index in [0.717, 1.165) is 17.7 Å². The second-order valence-corrected chi connectivity index (χ2v) is 3.77. The van der Waals surface area contributed by atoms with Gasteiger partial charge in [-0.05, 0) is 43.5 Å². The van der Waals surface area contributed by atoms with Crippen molar-refractivity contribution in [1.29, 1.82) is 5.26 Å². The van der Waals surface area contributed by atoms with Crippen LogP contribution in [0.3, 0.4) is 0 Å². The SMILES string of the molecule is CC/C=C(\C#N)c1cc(C)c(C)cc1OC. The van der Waals surface area contributed by atoms with Crippen LogP contribution in [0.2, 0.25) is 0 Å². The van der Waals surface area contributed by atoms with Gasteiger partial charge >= 0.3 is 0 Å². The molecule has 0 radical (unpaired) electrons. The van der Waals surface area contributed by atoms with Crippen molar-refractivity contribution in [3.8, 4) is 11.8 Å². The number of methoxy groups -OCH3 is 1. The number of hydrogen-bond donors (Lipinski definition) is 0. The minimum absolute atomic E-state index is 0.683. The quantitative estimate of drug-likeness (QED) is 0.721. The molecule has 0 spiro atoms. The largest absolute Gasteiger partial charge is 0.496 e. The first-order chi connectivity index (χ1) is 7.63. The van der Waals surface area contributed by atoms with Gasteiger partial charge in [0.1, 0.15) is 5.75 Å². The molecule has 0 aliphatic rings. The molecule has 0 fully saturated rings. The van der Waals surface area contributed by atoms with Crippen LogP contribution in [0.4, 0.5) is 0 Å². The minimum Gasteiger partial charge on any atom is -0.496 e. The van der Waals surface area contributed by atoms with Gasteiger partial charge < -0.3 is 4.74 Å². The summed E-state index contributed by atoms with van der Waals surface area (Å²) in [7, 11) is 1.63. The van der Waals surface area contributed by atoms with Gasteiger partial charge in [0.2, 0.25) is 0 Å². The molecule has 1 rings (SSSR count). The first kappa shape index (κ1) is 12.3. The topological polar surface area (TPSA) is 33.0 Å². The predicted molar refractivity (Wildman–Crippen MR) is 66.3 cm³/mol. The van der Waals surface area contributed by atoms with E-state index in [1.165, 1.54) is 11.1 Å². The number of rotatable bonds is 3. The van der Waals surface area contributed by atoms with Crippen molar-refractivity contribution in [2.45, 2.75) is 27.2 Å². The van der Waals surface area contributed by atoms with Crippen LogP contribution >= 0.6 is 0 Å². The molecule has 0 N–H and O–H groups in total. The van der Waals surface area contributed by atoms with Crippen molar-refractivity contribution < 1.29 is 4.74 Å². The summed E-state index contributed by atoms with van der Waals surface area (Å²) in [6, 6.07) is 6.21. The molecule has 2 nitrogen and oxygen atoms in total. The predicted octanol–water partition coefficient (Wildman–Crippen LogP) is 3.63. The summed E-state index contributed by atoms with van der Waals surface area (Å²) in [5.74, 6) is 0.768. The van der Waals surface area contributed by atoms with Crippen LogP contribution < -0.4 is 4.74 Å². The van der Waals surface area contributed by atoms with E-state index in [1.807, 2.05) is 39.0 Å². The summed E-state index contributed by atoms with van der Waals surface area (Å²) in [5.41, 5.74) is 3.92. The van der Waals surface area contributed by atoms with Crippen molar-refractivity contribution in [3.63, 3.8) is 0 Å². The maximum Gasteiger partial charge on any atom is 0.127 e. The molecule has 0 unspecified atom stereocenters. The van der Waals surface area contributed by atoms with E-state index in [0.29, 0.717) is 5.57 Å². The van der Waals surface area contributed by atoms with Crippen molar-refractivity contribution >= 4 is 5.57 Å². The summed E-state index contributed by atoms with van der Waals surface area (Å²) < 4.78 is 5.32. The monoisotopic (exact) mass is 215 g/mol. The van der Waals surface area contributed by atoms with Crippen LogP contribution in [-0.2, 0) is 0 Å². The number of benzene rings is 1. The number of ether oxygens (including phenoxy) is 1. The molecule has 0 amide bonds. The van der Waals surface area contributed by atoms with E-state index >= 15 is 0 Å². The molecule has 0 aromatic heterocycles. The highest BCUT2D eigenvalue weighted by atomic mass is 16.5. The molecule has 0 bridgehead atoms. The fourth-order valence-electron chi connectivity index (χ4n) is 1.59. The average Bonchev–Trinajstić information content (AvgIpc) is 2.29. The number of nitriles is 1. The lowest BCUT2D eigenvalue weighted by atomic mass is 9.99. The Hall–Kier alpha value is -1.75. The Balaban J connectivity index is 3.37. The summed E-state index contributed by atoms with van der Waals surface area (Å²) in [6.07, 6.45) is 2.77. The zero-order chi connectivity index (χ0) is 12.1. The summed E-state index contributed by atoms with van der Waals surface area (Å²) in [6.45, 7) is 6.10. The number of allylic oxidation sites excluding steroid dienone is 2. The van der Waals surface area contributed by atoms with E-state index < -0.39 is 0 Å². The van der Waals surface area contributed by atoms with Gasteiger partial charge in [-0.1, -0.05) is 13.0 Å². The maximum atomic E-state index is 9.12. The third-order valence-corrected chi connectivity index (χ3v) is 2.63. The van der Waals surface area contributed by atoms with Gasteiger partial charge in [0.25, 0.3) is 0 Å². The van der Waals surface area contributed by atoms with Crippen LogP contribution in [0.15, 0.2) is 18.2 Å². The van der Waals surface area contributed by atoms with Gasteiger partial charge in [-0.2, -0.15) is 5.26 Å². The molecule has 1 aromatic carbocycles. The van der Waals surface area contributed by atoms with Gasteiger partial charge in [-0.15, -0.1) is 0 Å². The molecule has 16 heavy (non-hydrogen) atoms. The highest BCUT2D eigenvalue weighted by Crippen LogP contribution is 2.29. The zero-order valence-corrected chi connectivity index (χ0v) is 10.3. The van der Waals surface area contributed by atoms with E-state index in [2.05, 4.69) is 6.07 Å². The zero-order valence-electron chi connectivity index (χ0n) is 10.3. The number of aryl methyl sites for hydroxylation is 2. The Labute approximate surface area is 97.2 Å². The van der Waals surface area contributed by atoms with Gasteiger partial charge in [0.15, 0.2) is 0 Å². The fourth-order valence-corrected chi connectivity index (χ4v) is 1.59. The lowest BCUT2D eigenvalue weighted by molar-refractivity contribution is 0.413. The first-order valence-electron chi connectivity index (χ1n) is 5.39. The molecule has 0 atom stereocenters. The molecule has 0 saturated heterocycles. The van der Waals surface area contributed by atoms with Gasteiger partial charge in [-0.25, -0.2) is 0 Å². The summed E-state index contributed by atoms with van der Waals surface area (Å²) in [4.78, 5) is 0. The standard InChI is InChI=1S/C14H17NO/c1-5-6-12(9-15)13-7-10(2)11(3)8-14(13)16-4/h6-8H,5H2,1-4H3/b12-6+. The Morgan fingerprint density at radius 2 is 2.00 bits per heavy atom. The normalized spacial score (nSPS) is 11.1. The first-order valence-corrected chi connectivity index (χ1v) is 5.39. The highest BCUT2D eigenvalue weighted by Gasteiger charge is 2.09. The average molecular weight is 215 g/mol. The molecule has 0 aliphatic carbocycles. The molecule has 0 aliphatic heterocycles. The molecule has 0 heterocycles. The molecule has 84 valence electrons. The molecule has 1 aromatic rings. The Morgan fingerprint density at radius 3 is 2.50 bits per heavy atom. The third-order valence-electron chi connectivity index (χ3n) is 2.63. The van der Waals surface area contributed by atoms with E-state index in [1.54, 1.807) is 7.11 Å². The van der Waals surface area contributed by atoms with Crippen molar-refractivity contribution in [3.05, 3.63) is 34.9 Å². The van der Waals surface area contributed by atoms with E-state index in [4.69, 9.17) is 10.00 Å². The van der Waals surface area contributed by atoms with Gasteiger partial charge in [-0.3, -0.25) is 0 Å². The van der Waals surface area contributed by atoms with Crippen molar-refractivity contribution in [2.75, 3.05) is 7.11 Å². The Morgan fingerprint density at radius 1 is 1.38 bits per heavy atom. The second kappa shape index (κ2) is 5.37. The summed E-state index contributed by atoms with van der Waals surface area (Å²) >= 11 is 0. The number of hydrogen-bond acceptors (Lipinski definition) is 2. The van der Waals surface area contributed by atoms with E-state index in [-0.39, 0.29) is 0 Å². The third kappa shape index (κ3) is 2.43.